The van der Waals surface area contributed by atoms with Gasteiger partial charge in [0.25, 0.3) is 0 Å². The zero-order valence-electron chi connectivity index (χ0n) is 16.8. The minimum atomic E-state index is 0.628. The van der Waals surface area contributed by atoms with Crippen molar-refractivity contribution in [1.29, 1.82) is 0 Å². The molecule has 1 aliphatic heterocycles. The van der Waals surface area contributed by atoms with Gasteiger partial charge in [0.15, 0.2) is 5.96 Å². The van der Waals surface area contributed by atoms with Gasteiger partial charge in [0, 0.05) is 46.4 Å². The van der Waals surface area contributed by atoms with Gasteiger partial charge in [0.1, 0.15) is 5.75 Å². The molecule has 0 aliphatic carbocycles. The van der Waals surface area contributed by atoms with Gasteiger partial charge in [-0.3, -0.25) is 4.99 Å². The molecule has 0 amide bonds. The molecule has 1 aliphatic rings. The highest BCUT2D eigenvalue weighted by atomic mass is 32.1. The first-order valence-corrected chi connectivity index (χ1v) is 10.6. The van der Waals surface area contributed by atoms with Gasteiger partial charge in [-0.05, 0) is 41.6 Å². The first kappa shape index (κ1) is 20.5. The van der Waals surface area contributed by atoms with Crippen molar-refractivity contribution in [3.05, 3.63) is 47.3 Å². The third-order valence-electron chi connectivity index (χ3n) is 4.79. The van der Waals surface area contributed by atoms with Gasteiger partial charge >= 0.3 is 0 Å². The number of anilines is 1. The molecular formula is C21H30N4O2S. The van der Waals surface area contributed by atoms with Crippen LogP contribution in [0.5, 0.6) is 5.75 Å². The Kier molecular flexibility index (Phi) is 7.99. The van der Waals surface area contributed by atoms with Crippen LogP contribution in [0.4, 0.5) is 5.00 Å². The summed E-state index contributed by atoms with van der Waals surface area (Å²) in [4.78, 5) is 9.23. The number of benzene rings is 1. The number of aliphatic imine (C=N–C) groups is 1. The molecule has 0 radical (unpaired) electrons. The molecule has 1 aromatic heterocycles. The van der Waals surface area contributed by atoms with Crippen LogP contribution in [0.1, 0.15) is 12.0 Å². The lowest BCUT2D eigenvalue weighted by Gasteiger charge is -2.37. The van der Waals surface area contributed by atoms with E-state index in [0.29, 0.717) is 6.61 Å². The van der Waals surface area contributed by atoms with E-state index >= 15 is 0 Å². The highest BCUT2D eigenvalue weighted by molar-refractivity contribution is 7.14. The molecule has 1 saturated heterocycles. The van der Waals surface area contributed by atoms with E-state index in [1.54, 1.807) is 7.11 Å². The van der Waals surface area contributed by atoms with Gasteiger partial charge in [-0.2, -0.15) is 0 Å². The van der Waals surface area contributed by atoms with E-state index in [0.717, 1.165) is 63.0 Å². The average molecular weight is 403 g/mol. The normalized spacial score (nSPS) is 15.0. The van der Waals surface area contributed by atoms with Crippen molar-refractivity contribution < 1.29 is 9.47 Å². The van der Waals surface area contributed by atoms with Crippen molar-refractivity contribution in [2.24, 2.45) is 4.99 Å². The van der Waals surface area contributed by atoms with Gasteiger partial charge in [0.2, 0.25) is 0 Å². The third kappa shape index (κ3) is 5.87. The molecule has 0 spiro atoms. The number of nitrogens with one attached hydrogen (secondary N) is 1. The van der Waals surface area contributed by atoms with Crippen LogP contribution in [0.15, 0.2) is 46.8 Å². The summed E-state index contributed by atoms with van der Waals surface area (Å²) in [6.45, 7) is 6.27. The lowest BCUT2D eigenvalue weighted by Crippen LogP contribution is -2.52. The van der Waals surface area contributed by atoms with E-state index in [9.17, 15) is 0 Å². The maximum Gasteiger partial charge on any atom is 0.193 e. The zero-order chi connectivity index (χ0) is 19.6. The predicted molar refractivity (Wildman–Crippen MR) is 117 cm³/mol. The Hall–Kier alpha value is -2.25. The maximum atomic E-state index is 5.77. The van der Waals surface area contributed by atoms with Crippen LogP contribution in [0.3, 0.4) is 0 Å². The van der Waals surface area contributed by atoms with Gasteiger partial charge in [-0.25, -0.2) is 0 Å². The molecule has 0 unspecified atom stereocenters. The van der Waals surface area contributed by atoms with Crippen LogP contribution >= 0.6 is 11.3 Å². The predicted octanol–water partition coefficient (Wildman–Crippen LogP) is 3.06. The Labute approximate surface area is 171 Å². The molecule has 3 rings (SSSR count). The van der Waals surface area contributed by atoms with Crippen LogP contribution in [-0.4, -0.2) is 64.3 Å². The molecule has 2 heterocycles. The Morgan fingerprint density at radius 1 is 1.14 bits per heavy atom. The number of hydrogen-bond donors (Lipinski definition) is 1. The number of ether oxygens (including phenoxy) is 2. The van der Waals surface area contributed by atoms with Crippen molar-refractivity contribution in [1.82, 2.24) is 10.2 Å². The van der Waals surface area contributed by atoms with Crippen molar-refractivity contribution in [2.75, 3.05) is 58.4 Å². The Morgan fingerprint density at radius 3 is 2.57 bits per heavy atom. The Bertz CT molecular complexity index is 711. The van der Waals surface area contributed by atoms with E-state index in [-0.39, 0.29) is 0 Å². The molecular weight excluding hydrogens is 372 g/mol. The molecule has 1 aromatic carbocycles. The molecule has 2 aromatic rings. The first-order valence-electron chi connectivity index (χ1n) is 9.75. The van der Waals surface area contributed by atoms with Crippen LogP contribution in [0.2, 0.25) is 0 Å². The summed E-state index contributed by atoms with van der Waals surface area (Å²) >= 11 is 1.81. The van der Waals surface area contributed by atoms with Gasteiger partial charge in [-0.15, -0.1) is 11.3 Å². The quantitative estimate of drug-likeness (QED) is 0.418. The maximum absolute atomic E-state index is 5.77. The second-order valence-electron chi connectivity index (χ2n) is 6.65. The standard InChI is InChI=1S/C21H30N4O2S/c1-22-21(25-13-11-24(12-14-25)20-5-3-16-28-20)23-10-4-15-27-17-18-6-8-19(26-2)9-7-18/h3,5-9,16H,4,10-15,17H2,1-2H3,(H,22,23). The number of rotatable bonds is 8. The summed E-state index contributed by atoms with van der Waals surface area (Å²) in [6.07, 6.45) is 0.949. The fourth-order valence-electron chi connectivity index (χ4n) is 3.21. The number of nitrogens with zero attached hydrogens (tertiary/aromatic N) is 3. The molecule has 0 bridgehead atoms. The Balaban J connectivity index is 1.30. The number of hydrogen-bond acceptors (Lipinski definition) is 5. The monoisotopic (exact) mass is 402 g/mol. The van der Waals surface area contributed by atoms with Crippen LogP contribution < -0.4 is 15.0 Å². The van der Waals surface area contributed by atoms with E-state index in [1.165, 1.54) is 5.00 Å². The van der Waals surface area contributed by atoms with Gasteiger partial charge in [0.05, 0.1) is 18.7 Å². The molecule has 0 saturated carbocycles. The molecule has 152 valence electrons. The third-order valence-corrected chi connectivity index (χ3v) is 5.71. The number of piperazine rings is 1. The van der Waals surface area contributed by atoms with Crippen LogP contribution in [-0.2, 0) is 11.3 Å². The summed E-state index contributed by atoms with van der Waals surface area (Å²) in [5.41, 5.74) is 1.16. The number of guanidine groups is 1. The topological polar surface area (TPSA) is 49.3 Å². The molecule has 1 N–H and O–H groups in total. The number of methoxy groups -OCH3 is 1. The summed E-state index contributed by atoms with van der Waals surface area (Å²) in [5.74, 6) is 1.86. The SMILES string of the molecule is CN=C(NCCCOCc1ccc(OC)cc1)N1CCN(c2cccs2)CC1. The highest BCUT2D eigenvalue weighted by Gasteiger charge is 2.19. The van der Waals surface area contributed by atoms with Crippen molar-refractivity contribution >= 4 is 22.3 Å². The fourth-order valence-corrected chi connectivity index (χ4v) is 3.99. The summed E-state index contributed by atoms with van der Waals surface area (Å²) in [5, 5.41) is 6.96. The summed E-state index contributed by atoms with van der Waals surface area (Å²) in [6, 6.07) is 12.3. The minimum absolute atomic E-state index is 0.628. The minimum Gasteiger partial charge on any atom is -0.497 e. The van der Waals surface area contributed by atoms with E-state index in [2.05, 4.69) is 37.6 Å². The Morgan fingerprint density at radius 2 is 1.93 bits per heavy atom. The summed E-state index contributed by atoms with van der Waals surface area (Å²) in [7, 11) is 3.53. The highest BCUT2D eigenvalue weighted by Crippen LogP contribution is 2.22. The molecule has 7 heteroatoms. The lowest BCUT2D eigenvalue weighted by atomic mass is 10.2. The van der Waals surface area contributed by atoms with Crippen molar-refractivity contribution in [3.63, 3.8) is 0 Å². The lowest BCUT2D eigenvalue weighted by molar-refractivity contribution is 0.119. The van der Waals surface area contributed by atoms with E-state index in [4.69, 9.17) is 9.47 Å². The number of thiophene rings is 1. The van der Waals surface area contributed by atoms with Crippen LogP contribution in [0, 0.1) is 0 Å². The smallest absolute Gasteiger partial charge is 0.193 e. The zero-order valence-corrected chi connectivity index (χ0v) is 17.6. The van der Waals surface area contributed by atoms with Crippen molar-refractivity contribution in [2.45, 2.75) is 13.0 Å². The average Bonchev–Trinajstić information content (AvgIpc) is 3.29. The molecule has 6 nitrogen and oxygen atoms in total. The largest absolute Gasteiger partial charge is 0.497 e. The summed E-state index contributed by atoms with van der Waals surface area (Å²) < 4.78 is 10.9. The van der Waals surface area contributed by atoms with E-state index < -0.39 is 0 Å². The second-order valence-corrected chi connectivity index (χ2v) is 7.58. The second kappa shape index (κ2) is 10.9. The van der Waals surface area contributed by atoms with Gasteiger partial charge < -0.3 is 24.6 Å². The van der Waals surface area contributed by atoms with Gasteiger partial charge in [-0.1, -0.05) is 12.1 Å². The fraction of sp³-hybridized carbons (Fsp3) is 0.476. The van der Waals surface area contributed by atoms with Crippen molar-refractivity contribution in [3.8, 4) is 5.75 Å². The molecule has 28 heavy (non-hydrogen) atoms. The van der Waals surface area contributed by atoms with Crippen LogP contribution in [0.25, 0.3) is 0 Å². The molecule has 0 atom stereocenters. The first-order chi connectivity index (χ1) is 13.8. The van der Waals surface area contributed by atoms with E-state index in [1.807, 2.05) is 42.6 Å². The molecule has 1 fully saturated rings.